The smallest absolute Gasteiger partial charge is 0.148 e. The van der Waals surface area contributed by atoms with Gasteiger partial charge in [0.25, 0.3) is 0 Å². The Kier molecular flexibility index (Phi) is 6.14. The highest BCUT2D eigenvalue weighted by atomic mass is 79.9. The third kappa shape index (κ3) is 4.24. The van der Waals surface area contributed by atoms with Crippen molar-refractivity contribution in [3.8, 4) is 5.75 Å². The molecule has 2 rings (SSSR count). The van der Waals surface area contributed by atoms with Crippen molar-refractivity contribution in [3.63, 3.8) is 0 Å². The molecule has 1 atom stereocenters. The zero-order valence-corrected chi connectivity index (χ0v) is 15.9. The molecule has 0 saturated carbocycles. The van der Waals surface area contributed by atoms with Gasteiger partial charge in [-0.1, -0.05) is 6.92 Å². The first kappa shape index (κ1) is 16.8. The molecule has 0 aliphatic carbocycles. The van der Waals surface area contributed by atoms with Crippen molar-refractivity contribution in [2.45, 2.75) is 38.8 Å². The fraction of sp³-hybridized carbons (Fsp3) is 0.400. The number of ether oxygens (including phenoxy) is 1. The molecule has 6 heteroatoms. The summed E-state index contributed by atoms with van der Waals surface area (Å²) in [6, 6.07) is 6.32. The summed E-state index contributed by atoms with van der Waals surface area (Å²) in [4.78, 5) is 0. The highest BCUT2D eigenvalue weighted by molar-refractivity contribution is 9.11. The number of halogens is 3. The van der Waals surface area contributed by atoms with E-state index in [9.17, 15) is 0 Å². The Morgan fingerprint density at radius 1 is 1.33 bits per heavy atom. The van der Waals surface area contributed by atoms with E-state index in [1.165, 1.54) is 0 Å². The molecule has 114 valence electrons. The Balaban J connectivity index is 2.08. The Labute approximate surface area is 146 Å². The maximum Gasteiger partial charge on any atom is 0.148 e. The minimum Gasteiger partial charge on any atom is -0.485 e. The van der Waals surface area contributed by atoms with Gasteiger partial charge in [-0.15, -0.1) is 11.6 Å². The Bertz CT molecular complexity index is 592. The van der Waals surface area contributed by atoms with E-state index < -0.39 is 0 Å². The molecule has 2 aromatic rings. The van der Waals surface area contributed by atoms with Gasteiger partial charge >= 0.3 is 0 Å². The molecule has 0 amide bonds. The summed E-state index contributed by atoms with van der Waals surface area (Å²) in [6.07, 6.45) is 3.05. The van der Waals surface area contributed by atoms with E-state index in [4.69, 9.17) is 16.3 Å². The second-order valence-electron chi connectivity index (χ2n) is 4.86. The van der Waals surface area contributed by atoms with E-state index in [0.29, 0.717) is 18.5 Å². The van der Waals surface area contributed by atoms with Crippen molar-refractivity contribution in [2.24, 2.45) is 0 Å². The molecule has 0 aliphatic rings. The molecule has 1 aromatic heterocycles. The Morgan fingerprint density at radius 3 is 2.57 bits per heavy atom. The van der Waals surface area contributed by atoms with Crippen LogP contribution in [0.25, 0.3) is 0 Å². The van der Waals surface area contributed by atoms with Crippen LogP contribution in [0, 0.1) is 0 Å². The summed E-state index contributed by atoms with van der Waals surface area (Å²) in [7, 11) is 0. The highest BCUT2D eigenvalue weighted by Crippen LogP contribution is 2.35. The second kappa shape index (κ2) is 7.65. The monoisotopic (exact) mass is 434 g/mol. The number of alkyl halides is 1. The fourth-order valence-corrected chi connectivity index (χ4v) is 3.52. The summed E-state index contributed by atoms with van der Waals surface area (Å²) in [5.41, 5.74) is 1.94. The van der Waals surface area contributed by atoms with E-state index in [1.807, 2.05) is 29.1 Å². The lowest BCUT2D eigenvalue weighted by Crippen LogP contribution is -2.06. The van der Waals surface area contributed by atoms with Crippen LogP contribution in [0.3, 0.4) is 0 Å². The number of benzene rings is 1. The van der Waals surface area contributed by atoms with Crippen LogP contribution in [0.2, 0.25) is 0 Å². The molecule has 0 radical (unpaired) electrons. The first-order chi connectivity index (χ1) is 10.0. The summed E-state index contributed by atoms with van der Waals surface area (Å²) in [6.45, 7) is 4.73. The number of aromatic nitrogens is 2. The van der Waals surface area contributed by atoms with Crippen LogP contribution in [0.4, 0.5) is 0 Å². The molecule has 1 aromatic carbocycles. The lowest BCUT2D eigenvalue weighted by atomic mass is 10.2. The van der Waals surface area contributed by atoms with Gasteiger partial charge in [0.15, 0.2) is 0 Å². The van der Waals surface area contributed by atoms with Crippen LogP contribution < -0.4 is 4.74 Å². The number of rotatable bonds is 6. The van der Waals surface area contributed by atoms with Gasteiger partial charge in [0, 0.05) is 18.1 Å². The molecule has 0 fully saturated rings. The molecule has 21 heavy (non-hydrogen) atoms. The van der Waals surface area contributed by atoms with E-state index in [-0.39, 0.29) is 0 Å². The van der Waals surface area contributed by atoms with Crippen LogP contribution in [0.1, 0.15) is 37.6 Å². The van der Waals surface area contributed by atoms with E-state index >= 15 is 0 Å². The fourth-order valence-electron chi connectivity index (χ4n) is 1.86. The zero-order valence-electron chi connectivity index (χ0n) is 11.9. The van der Waals surface area contributed by atoms with E-state index in [1.54, 1.807) is 0 Å². The standard InChI is InChI=1S/C15H17Br2ClN2O/c1-3-10(2)20-5-4-12(19-20)9-21-15-13(16)6-11(8-18)7-14(15)17/h4-7,10H,3,8-9H2,1-2H3. The van der Waals surface area contributed by atoms with Crippen LogP contribution in [0.5, 0.6) is 5.75 Å². The summed E-state index contributed by atoms with van der Waals surface area (Å²) in [5, 5.41) is 4.53. The van der Waals surface area contributed by atoms with Gasteiger partial charge in [-0.3, -0.25) is 4.68 Å². The molecule has 0 aliphatic heterocycles. The normalized spacial score (nSPS) is 12.4. The molecule has 3 nitrogen and oxygen atoms in total. The summed E-state index contributed by atoms with van der Waals surface area (Å²) in [5.74, 6) is 1.23. The predicted octanol–water partition coefficient (Wildman–Crippen LogP) is 5.70. The summed E-state index contributed by atoms with van der Waals surface area (Å²) < 4.78 is 9.61. The molecule has 1 unspecified atom stereocenters. The topological polar surface area (TPSA) is 27.1 Å². The van der Waals surface area contributed by atoms with Crippen LogP contribution >= 0.6 is 43.5 Å². The van der Waals surface area contributed by atoms with Crippen LogP contribution in [-0.4, -0.2) is 9.78 Å². The quantitative estimate of drug-likeness (QED) is 0.544. The van der Waals surface area contributed by atoms with Gasteiger partial charge in [0.2, 0.25) is 0 Å². The van der Waals surface area contributed by atoms with Gasteiger partial charge in [-0.05, 0) is 69.0 Å². The average molecular weight is 437 g/mol. The van der Waals surface area contributed by atoms with E-state index in [0.717, 1.165) is 32.4 Å². The SMILES string of the molecule is CCC(C)n1ccc(COc2c(Br)cc(CCl)cc2Br)n1. The van der Waals surface area contributed by atoms with E-state index in [2.05, 4.69) is 50.8 Å². The first-order valence-electron chi connectivity index (χ1n) is 6.75. The minimum absolute atomic E-state index is 0.403. The van der Waals surface area contributed by atoms with Crippen molar-refractivity contribution in [1.29, 1.82) is 0 Å². The van der Waals surface area contributed by atoms with Gasteiger partial charge in [-0.25, -0.2) is 0 Å². The maximum absolute atomic E-state index is 5.87. The lowest BCUT2D eigenvalue weighted by Gasteiger charge is -2.11. The van der Waals surface area contributed by atoms with Crippen molar-refractivity contribution >= 4 is 43.5 Å². The largest absolute Gasteiger partial charge is 0.485 e. The first-order valence-corrected chi connectivity index (χ1v) is 8.88. The van der Waals surface area contributed by atoms with Crippen LogP contribution in [0.15, 0.2) is 33.3 Å². The number of hydrogen-bond donors (Lipinski definition) is 0. The van der Waals surface area contributed by atoms with Crippen molar-refractivity contribution < 1.29 is 4.74 Å². The van der Waals surface area contributed by atoms with Gasteiger partial charge in [-0.2, -0.15) is 5.10 Å². The molecule has 0 spiro atoms. The number of nitrogens with zero attached hydrogens (tertiary/aromatic N) is 2. The lowest BCUT2D eigenvalue weighted by molar-refractivity contribution is 0.294. The van der Waals surface area contributed by atoms with Crippen molar-refractivity contribution in [2.75, 3.05) is 0 Å². The van der Waals surface area contributed by atoms with Crippen LogP contribution in [-0.2, 0) is 12.5 Å². The second-order valence-corrected chi connectivity index (χ2v) is 6.83. The van der Waals surface area contributed by atoms with Gasteiger partial charge in [0.1, 0.15) is 12.4 Å². The minimum atomic E-state index is 0.403. The van der Waals surface area contributed by atoms with Gasteiger partial charge < -0.3 is 4.74 Å². The molecule has 0 bridgehead atoms. The number of hydrogen-bond acceptors (Lipinski definition) is 2. The molecule has 1 heterocycles. The zero-order chi connectivity index (χ0) is 15.4. The van der Waals surface area contributed by atoms with Crippen molar-refractivity contribution in [3.05, 3.63) is 44.6 Å². The molecular weight excluding hydrogens is 419 g/mol. The highest BCUT2D eigenvalue weighted by Gasteiger charge is 2.11. The third-order valence-electron chi connectivity index (χ3n) is 3.28. The maximum atomic E-state index is 5.87. The average Bonchev–Trinajstić information content (AvgIpc) is 2.94. The van der Waals surface area contributed by atoms with Gasteiger partial charge in [0.05, 0.1) is 14.6 Å². The predicted molar refractivity (Wildman–Crippen MR) is 93.0 cm³/mol. The Hall–Kier alpha value is -0.520. The molecule has 0 N–H and O–H groups in total. The molecule has 0 saturated heterocycles. The van der Waals surface area contributed by atoms with Crippen molar-refractivity contribution in [1.82, 2.24) is 9.78 Å². The third-order valence-corrected chi connectivity index (χ3v) is 4.77. The molecular formula is C15H17Br2ClN2O. The Morgan fingerprint density at radius 2 is 2.00 bits per heavy atom. The summed E-state index contributed by atoms with van der Waals surface area (Å²) >= 11 is 12.9.